The summed E-state index contributed by atoms with van der Waals surface area (Å²) in [6.07, 6.45) is 11.2. The maximum Gasteiger partial charge on any atom is 0.0961 e. The van der Waals surface area contributed by atoms with E-state index in [0.29, 0.717) is 11.8 Å². The van der Waals surface area contributed by atoms with Crippen molar-refractivity contribution < 1.29 is 14.9 Å². The largest absolute Gasteiger partial charge is 0.390 e. The van der Waals surface area contributed by atoms with Gasteiger partial charge in [0.05, 0.1) is 35.1 Å². The van der Waals surface area contributed by atoms with Crippen LogP contribution in [-0.4, -0.2) is 68.9 Å². The molecule has 3 spiro atoms. The first-order valence-corrected chi connectivity index (χ1v) is 13.3. The molecule has 2 bridgehead atoms. The van der Waals surface area contributed by atoms with Crippen LogP contribution in [0.1, 0.15) is 51.0 Å². The predicted octanol–water partition coefficient (Wildman–Crippen LogP) is 3.67. The number of benzene rings is 1. The Morgan fingerprint density at radius 3 is 2.83 bits per heavy atom. The van der Waals surface area contributed by atoms with Gasteiger partial charge in [0.2, 0.25) is 0 Å². The molecule has 3 unspecified atom stereocenters. The van der Waals surface area contributed by atoms with Crippen molar-refractivity contribution >= 4 is 16.5 Å². The number of aliphatic hydroxyl groups is 2. The van der Waals surface area contributed by atoms with Gasteiger partial charge < -0.3 is 19.8 Å². The number of aromatic nitrogens is 2. The van der Waals surface area contributed by atoms with Crippen molar-refractivity contribution in [2.75, 3.05) is 14.1 Å². The molecule has 2 aliphatic heterocycles. The first kappa shape index (κ1) is 21.1. The molecule has 35 heavy (non-hydrogen) atoms. The fourth-order valence-electron chi connectivity index (χ4n) is 9.74. The highest BCUT2D eigenvalue weighted by Gasteiger charge is 2.84. The summed E-state index contributed by atoms with van der Waals surface area (Å²) in [4.78, 5) is 2.08. The molecule has 6 heteroatoms. The van der Waals surface area contributed by atoms with Crippen LogP contribution in [0.3, 0.4) is 0 Å². The minimum Gasteiger partial charge on any atom is -0.390 e. The maximum atomic E-state index is 11.5. The molecule has 3 N–H and O–H groups in total. The Kier molecular flexibility index (Phi) is 3.79. The third kappa shape index (κ3) is 2.22. The van der Waals surface area contributed by atoms with Gasteiger partial charge in [-0.15, -0.1) is 0 Å². The zero-order valence-corrected chi connectivity index (χ0v) is 20.8. The van der Waals surface area contributed by atoms with E-state index < -0.39 is 12.2 Å². The molecule has 184 valence electrons. The second-order valence-electron chi connectivity index (χ2n) is 12.8. The summed E-state index contributed by atoms with van der Waals surface area (Å²) in [7, 11) is 4.03. The van der Waals surface area contributed by atoms with Crippen LogP contribution in [0.25, 0.3) is 16.5 Å². The van der Waals surface area contributed by atoms with E-state index in [2.05, 4.69) is 52.4 Å². The van der Waals surface area contributed by atoms with Crippen molar-refractivity contribution in [2.24, 2.45) is 22.7 Å². The Morgan fingerprint density at radius 1 is 1.14 bits per heavy atom. The summed E-state index contributed by atoms with van der Waals surface area (Å²) < 4.78 is 7.43. The zero-order valence-electron chi connectivity index (χ0n) is 20.8. The van der Waals surface area contributed by atoms with E-state index in [4.69, 9.17) is 4.74 Å². The summed E-state index contributed by atoms with van der Waals surface area (Å²) in [5, 5.41) is 31.0. The van der Waals surface area contributed by atoms with E-state index in [-0.39, 0.29) is 28.1 Å². The number of H-pyrrole nitrogens is 1. The quantitative estimate of drug-likeness (QED) is 0.580. The van der Waals surface area contributed by atoms with Crippen molar-refractivity contribution in [1.82, 2.24) is 15.1 Å². The Bertz CT molecular complexity index is 1330. The second kappa shape index (κ2) is 6.28. The first-order chi connectivity index (χ1) is 16.8. The summed E-state index contributed by atoms with van der Waals surface area (Å²) >= 11 is 0. The number of hydrogen-bond donors (Lipinski definition) is 3. The Hall–Kier alpha value is -1.99. The maximum absolute atomic E-state index is 11.5. The zero-order chi connectivity index (χ0) is 24.0. The Balaban J connectivity index is 1.22. The van der Waals surface area contributed by atoms with E-state index in [1.54, 1.807) is 0 Å². The lowest BCUT2D eigenvalue weighted by atomic mass is 9.57. The minimum atomic E-state index is -0.724. The molecule has 1 aromatic heterocycles. The van der Waals surface area contributed by atoms with Crippen molar-refractivity contribution in [1.29, 1.82) is 0 Å². The van der Waals surface area contributed by atoms with Crippen molar-refractivity contribution in [3.05, 3.63) is 47.7 Å². The normalized spacial score (nSPS) is 49.3. The molecule has 2 saturated heterocycles. The predicted molar refractivity (Wildman–Crippen MR) is 133 cm³/mol. The smallest absolute Gasteiger partial charge is 0.0961 e. The molecule has 0 amide bonds. The molecule has 1 aromatic carbocycles. The van der Waals surface area contributed by atoms with Crippen LogP contribution in [0.15, 0.2) is 42.1 Å². The van der Waals surface area contributed by atoms with Crippen molar-refractivity contribution in [3.63, 3.8) is 0 Å². The van der Waals surface area contributed by atoms with Gasteiger partial charge in [-0.05, 0) is 87.4 Å². The molecule has 2 aromatic rings. The Labute approximate surface area is 206 Å². The van der Waals surface area contributed by atoms with Crippen LogP contribution in [0, 0.1) is 22.7 Å². The molecule has 9 atom stereocenters. The van der Waals surface area contributed by atoms with Gasteiger partial charge in [-0.1, -0.05) is 25.1 Å². The van der Waals surface area contributed by atoms with Crippen molar-refractivity contribution in [3.8, 4) is 0 Å². The van der Waals surface area contributed by atoms with E-state index in [1.807, 2.05) is 20.3 Å². The lowest BCUT2D eigenvalue weighted by molar-refractivity contribution is -0.248. The third-order valence-electron chi connectivity index (χ3n) is 11.4. The molecule has 2 saturated carbocycles. The summed E-state index contributed by atoms with van der Waals surface area (Å²) in [5.41, 5.74) is 4.40. The van der Waals surface area contributed by atoms with Crippen LogP contribution in [0.2, 0.25) is 0 Å². The van der Waals surface area contributed by atoms with Crippen LogP contribution in [-0.2, 0) is 4.74 Å². The molecule has 4 fully saturated rings. The van der Waals surface area contributed by atoms with E-state index in [1.165, 1.54) is 16.7 Å². The molecule has 0 radical (unpaired) electrons. The molecule has 4 aliphatic carbocycles. The number of nitrogens with one attached hydrogen (secondary N) is 1. The summed E-state index contributed by atoms with van der Waals surface area (Å²) in [6, 6.07) is 6.58. The van der Waals surface area contributed by atoms with E-state index >= 15 is 0 Å². The SMILES string of the molecule is CN(C)[C@H]1C[C@@]23CC[C@@]4(O2)C(=CC[C@]2(C)C(c5ccc6[nH]ncc6c5)=CCC24)C2CC23[C@@H](O)[C@@H]1O. The minimum absolute atomic E-state index is 0.0229. The molecule has 3 heterocycles. The van der Waals surface area contributed by atoms with Gasteiger partial charge in [0.1, 0.15) is 0 Å². The van der Waals surface area contributed by atoms with Gasteiger partial charge in [-0.25, -0.2) is 0 Å². The number of hydrogen-bond acceptors (Lipinski definition) is 5. The number of ether oxygens (including phenoxy) is 1. The van der Waals surface area contributed by atoms with Crippen LogP contribution < -0.4 is 0 Å². The average Bonchev–Trinajstić information content (AvgIpc) is 3.11. The van der Waals surface area contributed by atoms with E-state index in [0.717, 1.165) is 49.4 Å². The fourth-order valence-corrected chi connectivity index (χ4v) is 9.74. The third-order valence-corrected chi connectivity index (χ3v) is 11.4. The Morgan fingerprint density at radius 2 is 2.00 bits per heavy atom. The average molecular weight is 474 g/mol. The number of fused-ring (bicyclic) bond motifs is 3. The second-order valence-corrected chi connectivity index (χ2v) is 12.8. The summed E-state index contributed by atoms with van der Waals surface area (Å²) in [6.45, 7) is 2.45. The number of allylic oxidation sites excluding steroid dienone is 3. The number of rotatable bonds is 2. The highest BCUT2D eigenvalue weighted by Crippen LogP contribution is 2.81. The lowest BCUT2D eigenvalue weighted by Gasteiger charge is -2.59. The summed E-state index contributed by atoms with van der Waals surface area (Å²) in [5.74, 6) is 0.757. The van der Waals surface area contributed by atoms with Gasteiger partial charge in [0.15, 0.2) is 0 Å². The van der Waals surface area contributed by atoms with Crippen molar-refractivity contribution in [2.45, 2.75) is 74.9 Å². The number of nitrogens with zero attached hydrogens (tertiary/aromatic N) is 2. The van der Waals surface area contributed by atoms with Crippen LogP contribution in [0.4, 0.5) is 0 Å². The van der Waals surface area contributed by atoms with Gasteiger partial charge in [-0.3, -0.25) is 5.10 Å². The molecular formula is C29H35N3O3. The lowest BCUT2D eigenvalue weighted by Crippen LogP contribution is -2.67. The van der Waals surface area contributed by atoms with E-state index in [9.17, 15) is 10.2 Å². The monoisotopic (exact) mass is 473 g/mol. The number of likely N-dealkylation sites (N-methyl/N-ethyl adjacent to an activating group) is 1. The molecular weight excluding hydrogens is 438 g/mol. The fraction of sp³-hybridized carbons (Fsp3) is 0.621. The van der Waals surface area contributed by atoms with Gasteiger partial charge in [-0.2, -0.15) is 5.10 Å². The molecule has 6 nitrogen and oxygen atoms in total. The molecule has 8 rings (SSSR count). The standard InChI is InChI=1S/C29H35N3O3/c1-26-9-8-19-20-13-28(20)25(34)24(33)22(32(2)3)14-27(28)10-11-29(19,35-27)23(26)7-5-18(26)16-4-6-21-17(12-16)15-30-31-21/h4-6,8,12,15,20,22-25,33-34H,7,9-11,13-14H2,1-3H3,(H,30,31)/t20?,22-,23?,24+,25-,26+,27+,28?,29+/m0/s1. The highest BCUT2D eigenvalue weighted by molar-refractivity contribution is 5.85. The van der Waals surface area contributed by atoms with Gasteiger partial charge >= 0.3 is 0 Å². The molecule has 6 aliphatic rings. The van der Waals surface area contributed by atoms with Gasteiger partial charge in [0.25, 0.3) is 0 Å². The van der Waals surface area contributed by atoms with Crippen LogP contribution >= 0.6 is 0 Å². The number of aliphatic hydroxyl groups excluding tert-OH is 2. The highest BCUT2D eigenvalue weighted by atomic mass is 16.5. The van der Waals surface area contributed by atoms with Gasteiger partial charge in [0, 0.05) is 28.2 Å². The number of aromatic amines is 1. The first-order valence-electron chi connectivity index (χ1n) is 13.3. The van der Waals surface area contributed by atoms with Crippen LogP contribution in [0.5, 0.6) is 0 Å². The topological polar surface area (TPSA) is 81.6 Å².